The van der Waals surface area contributed by atoms with E-state index in [-0.39, 0.29) is 11.4 Å². The lowest BCUT2D eigenvalue weighted by molar-refractivity contribution is -0.137. The van der Waals surface area contributed by atoms with Gasteiger partial charge >= 0.3 is 5.97 Å². The molecular formula is C31H39NO2. The lowest BCUT2D eigenvalue weighted by Gasteiger charge is -2.36. The monoisotopic (exact) mass is 457 g/mol. The fourth-order valence-electron chi connectivity index (χ4n) is 5.28. The molecule has 2 aromatic carbocycles. The Morgan fingerprint density at radius 1 is 1.09 bits per heavy atom. The summed E-state index contributed by atoms with van der Waals surface area (Å²) in [5, 5.41) is 10.1. The molecule has 0 amide bonds. The van der Waals surface area contributed by atoms with Crippen LogP contribution < -0.4 is 0 Å². The van der Waals surface area contributed by atoms with Crippen molar-refractivity contribution in [1.82, 2.24) is 0 Å². The first-order valence-electron chi connectivity index (χ1n) is 13.0. The second-order valence-corrected chi connectivity index (χ2v) is 9.79. The quantitative estimate of drug-likeness (QED) is 0.183. The van der Waals surface area contributed by atoms with Crippen LogP contribution in [0.5, 0.6) is 0 Å². The largest absolute Gasteiger partial charge is 0.463 e. The summed E-state index contributed by atoms with van der Waals surface area (Å²) >= 11 is 0. The molecule has 2 atom stereocenters. The molecular weight excluding hydrogens is 418 g/mol. The maximum atomic E-state index is 11.1. The number of rotatable bonds is 12. The molecule has 3 rings (SSSR count). The summed E-state index contributed by atoms with van der Waals surface area (Å²) < 4.78 is 5.03. The summed E-state index contributed by atoms with van der Waals surface area (Å²) in [6.45, 7) is 6.07. The zero-order chi connectivity index (χ0) is 24.2. The molecule has 0 spiro atoms. The van der Waals surface area contributed by atoms with Crippen LogP contribution >= 0.6 is 0 Å². The normalized spacial score (nSPS) is 19.8. The summed E-state index contributed by atoms with van der Waals surface area (Å²) in [5.74, 6) is 0.113. The third-order valence-corrected chi connectivity index (χ3v) is 7.25. The minimum Gasteiger partial charge on any atom is -0.463 e. The molecule has 0 bridgehead atoms. The summed E-state index contributed by atoms with van der Waals surface area (Å²) in [6.07, 6.45) is 12.8. The summed E-state index contributed by atoms with van der Waals surface area (Å²) in [7, 11) is 0. The molecule has 1 fully saturated rings. The summed E-state index contributed by atoms with van der Waals surface area (Å²) in [4.78, 5) is 11.1. The van der Waals surface area contributed by atoms with Gasteiger partial charge in [-0.15, -0.1) is 0 Å². The highest BCUT2D eigenvalue weighted by Crippen LogP contribution is 2.46. The number of carbonyl (C=O) groups excluding carboxylic acids is 1. The van der Waals surface area contributed by atoms with E-state index in [2.05, 4.69) is 68.1 Å². The molecule has 0 heterocycles. The highest BCUT2D eigenvalue weighted by molar-refractivity contribution is 5.81. The van der Waals surface area contributed by atoms with Crippen LogP contribution in [0.15, 0.2) is 61.2 Å². The second-order valence-electron chi connectivity index (χ2n) is 9.79. The SMILES string of the molecule is C=CC(=O)OCCCCCCC1(C#N)CCCC(c2ccc(-c3ccc(CCC)cc3)cc2)C1. The molecule has 2 unspecified atom stereocenters. The van der Waals surface area contributed by atoms with Gasteiger partial charge in [0, 0.05) is 6.08 Å². The molecule has 3 heteroatoms. The summed E-state index contributed by atoms with van der Waals surface area (Å²) in [5.41, 5.74) is 5.09. The van der Waals surface area contributed by atoms with Crippen LogP contribution in [0.1, 0.15) is 88.2 Å². The minimum absolute atomic E-state index is 0.202. The van der Waals surface area contributed by atoms with Crippen LogP contribution in [0, 0.1) is 16.7 Å². The zero-order valence-corrected chi connectivity index (χ0v) is 20.7. The minimum atomic E-state index is -0.352. The van der Waals surface area contributed by atoms with Crippen LogP contribution in [0.4, 0.5) is 0 Å². The van der Waals surface area contributed by atoms with Gasteiger partial charge in [0.2, 0.25) is 0 Å². The number of benzene rings is 2. The van der Waals surface area contributed by atoms with E-state index in [1.54, 1.807) is 0 Å². The van der Waals surface area contributed by atoms with E-state index in [1.165, 1.54) is 41.2 Å². The van der Waals surface area contributed by atoms with Crippen molar-refractivity contribution in [2.75, 3.05) is 6.61 Å². The molecule has 0 saturated heterocycles. The van der Waals surface area contributed by atoms with Crippen molar-refractivity contribution in [3.63, 3.8) is 0 Å². The maximum absolute atomic E-state index is 11.1. The lowest BCUT2D eigenvalue weighted by atomic mass is 9.66. The molecule has 1 saturated carbocycles. The van der Waals surface area contributed by atoms with E-state index in [1.807, 2.05) is 0 Å². The third kappa shape index (κ3) is 7.32. The van der Waals surface area contributed by atoms with E-state index in [4.69, 9.17) is 4.74 Å². The van der Waals surface area contributed by atoms with E-state index < -0.39 is 0 Å². The molecule has 180 valence electrons. The number of hydrogen-bond acceptors (Lipinski definition) is 3. The first-order chi connectivity index (χ1) is 16.6. The fraction of sp³-hybridized carbons (Fsp3) is 0.484. The van der Waals surface area contributed by atoms with Gasteiger partial charge in [0.25, 0.3) is 0 Å². The Kier molecular flexibility index (Phi) is 9.95. The number of nitrogens with zero attached hydrogens (tertiary/aromatic N) is 1. The van der Waals surface area contributed by atoms with Crippen molar-refractivity contribution in [3.8, 4) is 17.2 Å². The lowest BCUT2D eigenvalue weighted by Crippen LogP contribution is -2.26. The van der Waals surface area contributed by atoms with Gasteiger partial charge in [-0.3, -0.25) is 0 Å². The van der Waals surface area contributed by atoms with Gasteiger partial charge in [-0.2, -0.15) is 5.26 Å². The number of esters is 1. The van der Waals surface area contributed by atoms with Gasteiger partial charge in [0.15, 0.2) is 0 Å². The number of carbonyl (C=O) groups is 1. The zero-order valence-electron chi connectivity index (χ0n) is 20.7. The van der Waals surface area contributed by atoms with Crippen molar-refractivity contribution in [3.05, 3.63) is 72.3 Å². The smallest absolute Gasteiger partial charge is 0.330 e. The topological polar surface area (TPSA) is 50.1 Å². The van der Waals surface area contributed by atoms with Crippen molar-refractivity contribution in [2.45, 2.75) is 83.5 Å². The average Bonchev–Trinajstić information content (AvgIpc) is 2.89. The van der Waals surface area contributed by atoms with E-state index >= 15 is 0 Å². The van der Waals surface area contributed by atoms with Gasteiger partial charge in [-0.05, 0) is 66.7 Å². The number of unbranched alkanes of at least 4 members (excludes halogenated alkanes) is 3. The van der Waals surface area contributed by atoms with Crippen molar-refractivity contribution >= 4 is 5.97 Å². The van der Waals surface area contributed by atoms with Gasteiger partial charge in [0.05, 0.1) is 18.1 Å². The highest BCUT2D eigenvalue weighted by atomic mass is 16.5. The number of ether oxygens (including phenoxy) is 1. The molecule has 0 radical (unpaired) electrons. The highest BCUT2D eigenvalue weighted by Gasteiger charge is 2.36. The first-order valence-corrected chi connectivity index (χ1v) is 13.0. The van der Waals surface area contributed by atoms with Gasteiger partial charge in [-0.25, -0.2) is 4.79 Å². The van der Waals surface area contributed by atoms with Crippen LogP contribution in [0.3, 0.4) is 0 Å². The Bertz CT molecular complexity index is 954. The van der Waals surface area contributed by atoms with Crippen molar-refractivity contribution < 1.29 is 9.53 Å². The van der Waals surface area contributed by atoms with Gasteiger partial charge in [-0.1, -0.05) is 94.1 Å². The maximum Gasteiger partial charge on any atom is 0.330 e. The number of hydrogen-bond donors (Lipinski definition) is 0. The molecule has 3 nitrogen and oxygen atoms in total. The van der Waals surface area contributed by atoms with Crippen LogP contribution in [0.25, 0.3) is 11.1 Å². The fourth-order valence-corrected chi connectivity index (χ4v) is 5.28. The predicted octanol–water partition coefficient (Wildman–Crippen LogP) is 8.15. The average molecular weight is 458 g/mol. The summed E-state index contributed by atoms with van der Waals surface area (Å²) in [6, 6.07) is 20.7. The third-order valence-electron chi connectivity index (χ3n) is 7.25. The Balaban J connectivity index is 1.51. The van der Waals surface area contributed by atoms with Gasteiger partial charge < -0.3 is 4.74 Å². The van der Waals surface area contributed by atoms with Crippen LogP contribution in [0.2, 0.25) is 0 Å². The molecule has 2 aromatic rings. The van der Waals surface area contributed by atoms with E-state index in [0.717, 1.165) is 57.8 Å². The van der Waals surface area contributed by atoms with Crippen molar-refractivity contribution in [2.24, 2.45) is 5.41 Å². The standard InChI is InChI=1S/C31H39NO2/c1-3-10-25-12-14-26(15-13-25)27-16-18-28(19-17-27)29-11-9-21-31(23-29,24-32)20-7-5-6-8-22-34-30(33)4-2/h4,12-19,29H,2-3,5-11,20-23H2,1H3. The Morgan fingerprint density at radius 2 is 1.76 bits per heavy atom. The molecule has 1 aliphatic rings. The Labute approximate surface area is 205 Å². The van der Waals surface area contributed by atoms with Crippen LogP contribution in [-0.2, 0) is 16.0 Å². The van der Waals surface area contributed by atoms with Crippen molar-refractivity contribution in [1.29, 1.82) is 5.26 Å². The molecule has 1 aliphatic carbocycles. The van der Waals surface area contributed by atoms with E-state index in [9.17, 15) is 10.1 Å². The first kappa shape index (κ1) is 25.8. The molecule has 0 aromatic heterocycles. The molecule has 0 N–H and O–H groups in total. The Hall–Kier alpha value is -2.86. The van der Waals surface area contributed by atoms with Gasteiger partial charge in [0.1, 0.15) is 0 Å². The van der Waals surface area contributed by atoms with Crippen LogP contribution in [-0.4, -0.2) is 12.6 Å². The predicted molar refractivity (Wildman–Crippen MR) is 139 cm³/mol. The molecule has 0 aliphatic heterocycles. The van der Waals surface area contributed by atoms with E-state index in [0.29, 0.717) is 12.5 Å². The number of nitriles is 1. The molecule has 34 heavy (non-hydrogen) atoms. The Morgan fingerprint density at radius 3 is 2.41 bits per heavy atom. The second kappa shape index (κ2) is 13.1. The number of aryl methyl sites for hydroxylation is 1.